The van der Waals surface area contributed by atoms with Crippen LogP contribution in [0.15, 0.2) is 40.9 Å². The van der Waals surface area contributed by atoms with E-state index < -0.39 is 0 Å². The van der Waals surface area contributed by atoms with Crippen molar-refractivity contribution in [2.24, 2.45) is 11.3 Å². The zero-order valence-corrected chi connectivity index (χ0v) is 16.1. The molecular formula is C22H30N2O2. The molecule has 140 valence electrons. The van der Waals surface area contributed by atoms with E-state index in [4.69, 9.17) is 4.52 Å². The zero-order chi connectivity index (χ0) is 18.6. The lowest BCUT2D eigenvalue weighted by Gasteiger charge is -2.52. The summed E-state index contributed by atoms with van der Waals surface area (Å²) >= 11 is 0. The molecule has 1 heterocycles. The summed E-state index contributed by atoms with van der Waals surface area (Å²) in [5, 5.41) is 7.46. The summed E-state index contributed by atoms with van der Waals surface area (Å²) in [5.41, 5.74) is 2.18. The number of benzene rings is 1. The minimum Gasteiger partial charge on any atom is -0.361 e. The Labute approximate surface area is 156 Å². The molecule has 0 saturated heterocycles. The third-order valence-electron chi connectivity index (χ3n) is 5.85. The van der Waals surface area contributed by atoms with Crippen molar-refractivity contribution in [2.45, 2.75) is 65.3 Å². The molecule has 1 aromatic heterocycles. The molecule has 1 saturated carbocycles. The van der Waals surface area contributed by atoms with E-state index in [0.717, 1.165) is 49.1 Å². The fourth-order valence-corrected chi connectivity index (χ4v) is 3.81. The first-order valence-electron chi connectivity index (χ1n) is 9.76. The lowest BCUT2D eigenvalue weighted by molar-refractivity contribution is -0.124. The van der Waals surface area contributed by atoms with E-state index in [9.17, 15) is 4.79 Å². The van der Waals surface area contributed by atoms with Gasteiger partial charge in [-0.25, -0.2) is 0 Å². The number of nitrogens with zero attached hydrogens (tertiary/aromatic N) is 1. The fourth-order valence-electron chi connectivity index (χ4n) is 3.81. The van der Waals surface area contributed by atoms with Crippen LogP contribution in [0.4, 0.5) is 0 Å². The van der Waals surface area contributed by atoms with E-state index in [1.165, 1.54) is 0 Å². The topological polar surface area (TPSA) is 55.1 Å². The molecule has 4 nitrogen and oxygen atoms in total. The summed E-state index contributed by atoms with van der Waals surface area (Å²) in [6.07, 6.45) is 5.64. The van der Waals surface area contributed by atoms with Crippen molar-refractivity contribution in [3.05, 3.63) is 53.4 Å². The van der Waals surface area contributed by atoms with Crippen molar-refractivity contribution in [1.29, 1.82) is 0 Å². The molecule has 2 aromatic rings. The highest BCUT2D eigenvalue weighted by Crippen LogP contribution is 2.47. The molecule has 3 rings (SSSR count). The Morgan fingerprint density at radius 3 is 2.77 bits per heavy atom. The summed E-state index contributed by atoms with van der Waals surface area (Å²) in [6, 6.07) is 12.2. The van der Waals surface area contributed by atoms with Crippen LogP contribution in [0.25, 0.3) is 0 Å². The predicted molar refractivity (Wildman–Crippen MR) is 103 cm³/mol. The maximum absolute atomic E-state index is 12.3. The van der Waals surface area contributed by atoms with Gasteiger partial charge in [-0.15, -0.1) is 0 Å². The van der Waals surface area contributed by atoms with Gasteiger partial charge in [0.05, 0.1) is 12.1 Å². The number of rotatable bonds is 8. The molecule has 1 fully saturated rings. The van der Waals surface area contributed by atoms with Gasteiger partial charge in [0, 0.05) is 18.5 Å². The molecule has 1 aliphatic carbocycles. The van der Waals surface area contributed by atoms with Crippen LogP contribution in [0.3, 0.4) is 0 Å². The van der Waals surface area contributed by atoms with Gasteiger partial charge in [0.2, 0.25) is 5.91 Å². The highest BCUT2D eigenvalue weighted by Gasteiger charge is 2.48. The third-order valence-corrected chi connectivity index (χ3v) is 5.85. The number of aryl methyl sites for hydroxylation is 1. The molecule has 0 radical (unpaired) electrons. The van der Waals surface area contributed by atoms with E-state index in [1.54, 1.807) is 0 Å². The van der Waals surface area contributed by atoms with Crippen LogP contribution in [-0.2, 0) is 24.1 Å². The lowest BCUT2D eigenvalue weighted by Crippen LogP contribution is -2.59. The van der Waals surface area contributed by atoms with Crippen LogP contribution in [0.5, 0.6) is 0 Å². The number of hydrogen-bond acceptors (Lipinski definition) is 3. The lowest BCUT2D eigenvalue weighted by atomic mass is 9.57. The molecule has 2 unspecified atom stereocenters. The molecular weight excluding hydrogens is 324 g/mol. The molecule has 1 amide bonds. The average molecular weight is 354 g/mol. The number of nitrogens with one attached hydrogen (secondary N) is 1. The number of carbonyl (C=O) groups excluding carboxylic acids is 1. The summed E-state index contributed by atoms with van der Waals surface area (Å²) in [6.45, 7) is 6.67. The first-order chi connectivity index (χ1) is 12.5. The van der Waals surface area contributed by atoms with Gasteiger partial charge in [-0.05, 0) is 36.2 Å². The monoisotopic (exact) mass is 354 g/mol. The normalized spacial score (nSPS) is 21.2. The molecule has 0 bridgehead atoms. The standard InChI is InChI=1S/C22H30N2O2/c1-4-5-11-19-15-18(24-26-19)13-17-14-20(22(17,2)3)23-21(25)12-16-9-7-6-8-10-16/h6-10,15,17,20H,4-5,11-14H2,1-3H3,(H,23,25). The van der Waals surface area contributed by atoms with Crippen molar-refractivity contribution >= 4 is 5.91 Å². The summed E-state index contributed by atoms with van der Waals surface area (Å²) < 4.78 is 5.44. The van der Waals surface area contributed by atoms with Crippen molar-refractivity contribution in [3.63, 3.8) is 0 Å². The minimum absolute atomic E-state index is 0.0783. The average Bonchev–Trinajstić information content (AvgIpc) is 3.07. The molecule has 0 aliphatic heterocycles. The van der Waals surface area contributed by atoms with Gasteiger partial charge in [0.25, 0.3) is 0 Å². The molecule has 1 N–H and O–H groups in total. The van der Waals surface area contributed by atoms with Gasteiger partial charge < -0.3 is 9.84 Å². The van der Waals surface area contributed by atoms with Gasteiger partial charge in [0.15, 0.2) is 0 Å². The van der Waals surface area contributed by atoms with E-state index in [0.29, 0.717) is 12.3 Å². The van der Waals surface area contributed by atoms with Gasteiger partial charge in [-0.1, -0.05) is 62.7 Å². The van der Waals surface area contributed by atoms with Crippen molar-refractivity contribution in [3.8, 4) is 0 Å². The number of unbranched alkanes of at least 4 members (excludes halogenated alkanes) is 1. The Morgan fingerprint density at radius 2 is 2.08 bits per heavy atom. The number of aromatic nitrogens is 1. The Bertz CT molecular complexity index is 721. The fraction of sp³-hybridized carbons (Fsp3) is 0.545. The zero-order valence-electron chi connectivity index (χ0n) is 16.1. The van der Waals surface area contributed by atoms with Crippen LogP contribution in [-0.4, -0.2) is 17.1 Å². The molecule has 26 heavy (non-hydrogen) atoms. The van der Waals surface area contributed by atoms with Gasteiger partial charge in [-0.3, -0.25) is 4.79 Å². The third kappa shape index (κ3) is 4.35. The maximum Gasteiger partial charge on any atom is 0.224 e. The molecule has 0 spiro atoms. The Balaban J connectivity index is 1.49. The second-order valence-corrected chi connectivity index (χ2v) is 8.13. The van der Waals surface area contributed by atoms with Crippen molar-refractivity contribution < 1.29 is 9.32 Å². The highest BCUT2D eigenvalue weighted by atomic mass is 16.5. The van der Waals surface area contributed by atoms with E-state index in [1.807, 2.05) is 30.3 Å². The van der Waals surface area contributed by atoms with Crippen LogP contribution >= 0.6 is 0 Å². The van der Waals surface area contributed by atoms with Crippen molar-refractivity contribution in [1.82, 2.24) is 10.5 Å². The van der Waals surface area contributed by atoms with E-state index in [-0.39, 0.29) is 17.4 Å². The summed E-state index contributed by atoms with van der Waals surface area (Å²) in [4.78, 5) is 12.3. The number of hydrogen-bond donors (Lipinski definition) is 1. The van der Waals surface area contributed by atoms with Crippen LogP contribution in [0.1, 0.15) is 57.1 Å². The smallest absolute Gasteiger partial charge is 0.224 e. The van der Waals surface area contributed by atoms with Crippen molar-refractivity contribution in [2.75, 3.05) is 0 Å². The van der Waals surface area contributed by atoms with Crippen LogP contribution in [0.2, 0.25) is 0 Å². The molecule has 1 aliphatic rings. The van der Waals surface area contributed by atoms with E-state index >= 15 is 0 Å². The van der Waals surface area contributed by atoms with Crippen LogP contribution < -0.4 is 5.32 Å². The molecule has 1 aromatic carbocycles. The maximum atomic E-state index is 12.3. The van der Waals surface area contributed by atoms with Gasteiger partial charge >= 0.3 is 0 Å². The van der Waals surface area contributed by atoms with Gasteiger partial charge in [-0.2, -0.15) is 0 Å². The first kappa shape index (κ1) is 18.7. The first-order valence-corrected chi connectivity index (χ1v) is 9.76. The summed E-state index contributed by atoms with van der Waals surface area (Å²) in [5.74, 6) is 1.62. The second-order valence-electron chi connectivity index (χ2n) is 8.13. The number of carbonyl (C=O) groups is 1. The Morgan fingerprint density at radius 1 is 1.31 bits per heavy atom. The van der Waals surface area contributed by atoms with Gasteiger partial charge in [0.1, 0.15) is 5.76 Å². The Hall–Kier alpha value is -2.10. The quantitative estimate of drug-likeness (QED) is 0.767. The summed E-state index contributed by atoms with van der Waals surface area (Å²) in [7, 11) is 0. The minimum atomic E-state index is 0.0783. The van der Waals surface area contributed by atoms with Crippen LogP contribution in [0, 0.1) is 11.3 Å². The second kappa shape index (κ2) is 8.07. The Kier molecular flexibility index (Phi) is 5.80. The highest BCUT2D eigenvalue weighted by molar-refractivity contribution is 5.79. The molecule has 4 heteroatoms. The largest absolute Gasteiger partial charge is 0.361 e. The predicted octanol–water partition coefficient (Wildman–Crippen LogP) is 4.33. The SMILES string of the molecule is CCCCc1cc(CC2CC(NC(=O)Cc3ccccc3)C2(C)C)no1. The number of amides is 1. The van der Waals surface area contributed by atoms with E-state index in [2.05, 4.69) is 37.3 Å². The molecule has 2 atom stereocenters.